The van der Waals surface area contributed by atoms with Gasteiger partial charge in [-0.15, -0.1) is 0 Å². The number of nitrogens with zero attached hydrogens (tertiary/aromatic N) is 1. The molecular weight excluding hydrogens is 336 g/mol. The lowest BCUT2D eigenvalue weighted by atomic mass is 10.1. The van der Waals surface area contributed by atoms with Gasteiger partial charge < -0.3 is 15.3 Å². The third kappa shape index (κ3) is 5.75. The van der Waals surface area contributed by atoms with Crippen molar-refractivity contribution in [1.82, 2.24) is 10.2 Å². The van der Waals surface area contributed by atoms with Crippen molar-refractivity contribution >= 4 is 27.9 Å². The summed E-state index contributed by atoms with van der Waals surface area (Å²) in [6.45, 7) is 3.69. The van der Waals surface area contributed by atoms with Gasteiger partial charge in [0.1, 0.15) is 0 Å². The van der Waals surface area contributed by atoms with Gasteiger partial charge >= 0.3 is 12.0 Å². The Kier molecular flexibility index (Phi) is 6.68. The molecule has 0 aromatic heterocycles. The van der Waals surface area contributed by atoms with Crippen LogP contribution in [0.5, 0.6) is 0 Å². The molecule has 0 saturated heterocycles. The quantitative estimate of drug-likeness (QED) is 0.823. The van der Waals surface area contributed by atoms with Crippen LogP contribution < -0.4 is 5.32 Å². The average Bonchev–Trinajstić information content (AvgIpc) is 2.40. The van der Waals surface area contributed by atoms with E-state index < -0.39 is 11.9 Å². The van der Waals surface area contributed by atoms with Gasteiger partial charge in [0.05, 0.1) is 5.92 Å². The fraction of sp³-hybridized carbons (Fsp3) is 0.467. The van der Waals surface area contributed by atoms with Crippen LogP contribution in [-0.2, 0) is 11.2 Å². The van der Waals surface area contributed by atoms with Gasteiger partial charge in [0.15, 0.2) is 0 Å². The molecule has 116 valence electrons. The van der Waals surface area contributed by atoms with Crippen LogP contribution in [0.15, 0.2) is 28.7 Å². The molecule has 2 atom stereocenters. The molecule has 1 rings (SSSR count). The number of halogens is 1. The Morgan fingerprint density at radius 3 is 2.52 bits per heavy atom. The molecule has 2 unspecified atom stereocenters. The van der Waals surface area contributed by atoms with Crippen molar-refractivity contribution in [3.63, 3.8) is 0 Å². The van der Waals surface area contributed by atoms with Crippen LogP contribution in [0.2, 0.25) is 0 Å². The highest BCUT2D eigenvalue weighted by molar-refractivity contribution is 9.10. The van der Waals surface area contributed by atoms with Crippen LogP contribution in [0.3, 0.4) is 0 Å². The highest BCUT2D eigenvalue weighted by Gasteiger charge is 2.18. The molecule has 0 heterocycles. The fourth-order valence-electron chi connectivity index (χ4n) is 1.94. The highest BCUT2D eigenvalue weighted by Crippen LogP contribution is 2.17. The van der Waals surface area contributed by atoms with Crippen molar-refractivity contribution in [3.05, 3.63) is 34.3 Å². The Balaban J connectivity index is 2.50. The number of aliphatic carboxylic acids is 1. The number of amides is 2. The number of hydrogen-bond donors (Lipinski definition) is 2. The zero-order valence-electron chi connectivity index (χ0n) is 12.5. The van der Waals surface area contributed by atoms with Crippen LogP contribution in [0.4, 0.5) is 4.79 Å². The first kappa shape index (κ1) is 17.5. The lowest BCUT2D eigenvalue weighted by Gasteiger charge is -2.23. The maximum atomic E-state index is 12.0. The first-order valence-electron chi connectivity index (χ1n) is 6.79. The van der Waals surface area contributed by atoms with Gasteiger partial charge in [-0.2, -0.15) is 0 Å². The molecule has 2 N–H and O–H groups in total. The minimum Gasteiger partial charge on any atom is -0.481 e. The van der Waals surface area contributed by atoms with Crippen molar-refractivity contribution in [3.8, 4) is 0 Å². The van der Waals surface area contributed by atoms with Gasteiger partial charge in [-0.3, -0.25) is 4.79 Å². The maximum absolute atomic E-state index is 12.0. The number of hydrogen-bond acceptors (Lipinski definition) is 2. The number of benzene rings is 1. The minimum absolute atomic E-state index is 0.0428. The number of carboxylic acid groups (broad SMARTS) is 1. The SMILES string of the molecule is CC(Cc1ccccc1Br)NC(=O)N(C)CC(C)C(=O)O. The number of nitrogens with one attached hydrogen (secondary N) is 1. The molecule has 0 aliphatic rings. The Bertz CT molecular complexity index is 507. The Morgan fingerprint density at radius 1 is 1.33 bits per heavy atom. The summed E-state index contributed by atoms with van der Waals surface area (Å²) in [7, 11) is 1.60. The van der Waals surface area contributed by atoms with Crippen LogP contribution >= 0.6 is 15.9 Å². The summed E-state index contributed by atoms with van der Waals surface area (Å²) in [6.07, 6.45) is 0.704. The number of carbonyl (C=O) groups is 2. The molecule has 0 aliphatic heterocycles. The van der Waals surface area contributed by atoms with Crippen LogP contribution in [0.1, 0.15) is 19.4 Å². The van der Waals surface area contributed by atoms with Gasteiger partial charge in [0.2, 0.25) is 0 Å². The molecule has 0 spiro atoms. The summed E-state index contributed by atoms with van der Waals surface area (Å²) >= 11 is 3.48. The largest absolute Gasteiger partial charge is 0.481 e. The number of carbonyl (C=O) groups excluding carboxylic acids is 1. The zero-order valence-corrected chi connectivity index (χ0v) is 14.1. The third-order valence-corrected chi connectivity index (χ3v) is 3.94. The molecule has 0 saturated carbocycles. The van der Waals surface area contributed by atoms with E-state index in [1.165, 1.54) is 4.90 Å². The van der Waals surface area contributed by atoms with E-state index >= 15 is 0 Å². The molecule has 5 nitrogen and oxygen atoms in total. The van der Waals surface area contributed by atoms with Crippen molar-refractivity contribution < 1.29 is 14.7 Å². The first-order chi connectivity index (χ1) is 9.81. The van der Waals surface area contributed by atoms with Crippen molar-refractivity contribution in [1.29, 1.82) is 0 Å². The van der Waals surface area contributed by atoms with E-state index in [2.05, 4.69) is 21.2 Å². The minimum atomic E-state index is -0.907. The molecule has 0 radical (unpaired) electrons. The summed E-state index contributed by atoms with van der Waals surface area (Å²) in [5.41, 5.74) is 1.12. The van der Waals surface area contributed by atoms with Crippen LogP contribution in [0, 0.1) is 5.92 Å². The first-order valence-corrected chi connectivity index (χ1v) is 7.58. The lowest BCUT2D eigenvalue weighted by molar-refractivity contribution is -0.141. The molecule has 0 fully saturated rings. The monoisotopic (exact) mass is 356 g/mol. The molecule has 6 heteroatoms. The van der Waals surface area contributed by atoms with E-state index in [9.17, 15) is 9.59 Å². The molecule has 1 aromatic rings. The van der Waals surface area contributed by atoms with Crippen molar-refractivity contribution in [2.75, 3.05) is 13.6 Å². The lowest BCUT2D eigenvalue weighted by Crippen LogP contribution is -2.44. The van der Waals surface area contributed by atoms with Gasteiger partial charge in [-0.05, 0) is 25.0 Å². The molecule has 0 bridgehead atoms. The van der Waals surface area contributed by atoms with Crippen LogP contribution in [0.25, 0.3) is 0 Å². The Morgan fingerprint density at radius 2 is 1.95 bits per heavy atom. The molecule has 1 aromatic carbocycles. The predicted molar refractivity (Wildman–Crippen MR) is 85.3 cm³/mol. The van der Waals surface area contributed by atoms with E-state index in [1.54, 1.807) is 14.0 Å². The standard InChI is InChI=1S/C15H21BrN2O3/c1-10(14(19)20)9-18(3)15(21)17-11(2)8-12-6-4-5-7-13(12)16/h4-7,10-11H,8-9H2,1-3H3,(H,17,21)(H,19,20). The van der Waals surface area contributed by atoms with Gasteiger partial charge in [0.25, 0.3) is 0 Å². The second-order valence-corrected chi connectivity index (χ2v) is 6.12. The molecule has 0 aliphatic carbocycles. The fourth-order valence-corrected chi connectivity index (χ4v) is 2.38. The Labute approximate surface area is 133 Å². The maximum Gasteiger partial charge on any atom is 0.317 e. The molecule has 2 amide bonds. The number of rotatable bonds is 6. The molecule has 21 heavy (non-hydrogen) atoms. The second-order valence-electron chi connectivity index (χ2n) is 5.27. The van der Waals surface area contributed by atoms with E-state index in [0.717, 1.165) is 10.0 Å². The van der Waals surface area contributed by atoms with Crippen LogP contribution in [-0.4, -0.2) is 41.6 Å². The third-order valence-electron chi connectivity index (χ3n) is 3.17. The summed E-state index contributed by atoms with van der Waals surface area (Å²) in [5.74, 6) is -1.49. The van der Waals surface area contributed by atoms with E-state index in [0.29, 0.717) is 6.42 Å². The van der Waals surface area contributed by atoms with E-state index in [4.69, 9.17) is 5.11 Å². The van der Waals surface area contributed by atoms with E-state index in [1.807, 2.05) is 31.2 Å². The summed E-state index contributed by atoms with van der Waals surface area (Å²) in [6, 6.07) is 7.56. The second kappa shape index (κ2) is 8.02. The summed E-state index contributed by atoms with van der Waals surface area (Å²) < 4.78 is 1.01. The van der Waals surface area contributed by atoms with Gasteiger partial charge in [0, 0.05) is 24.1 Å². The average molecular weight is 357 g/mol. The predicted octanol–water partition coefficient (Wildman–Crippen LogP) is 2.74. The van der Waals surface area contributed by atoms with Gasteiger partial charge in [-0.25, -0.2) is 4.79 Å². The number of urea groups is 1. The highest BCUT2D eigenvalue weighted by atomic mass is 79.9. The van der Waals surface area contributed by atoms with Crippen molar-refractivity contribution in [2.24, 2.45) is 5.92 Å². The summed E-state index contributed by atoms with van der Waals surface area (Å²) in [5, 5.41) is 11.7. The molecular formula is C15H21BrN2O3. The van der Waals surface area contributed by atoms with Crippen molar-refractivity contribution in [2.45, 2.75) is 26.3 Å². The van der Waals surface area contributed by atoms with Gasteiger partial charge in [-0.1, -0.05) is 41.1 Å². The summed E-state index contributed by atoms with van der Waals surface area (Å²) in [4.78, 5) is 24.2. The topological polar surface area (TPSA) is 69.6 Å². The Hall–Kier alpha value is -1.56. The smallest absolute Gasteiger partial charge is 0.317 e. The zero-order chi connectivity index (χ0) is 16.0. The normalized spacial score (nSPS) is 13.3. The number of carboxylic acids is 1. The van der Waals surface area contributed by atoms with E-state index in [-0.39, 0.29) is 18.6 Å².